The summed E-state index contributed by atoms with van der Waals surface area (Å²) in [6.45, 7) is 1.99. The summed E-state index contributed by atoms with van der Waals surface area (Å²) in [7, 11) is 3.44. The third-order valence-electron chi connectivity index (χ3n) is 5.50. The number of ether oxygens (including phenoxy) is 1. The number of methoxy groups -OCH3 is 1. The second-order valence-corrected chi connectivity index (χ2v) is 7.24. The molecule has 0 aliphatic rings. The quantitative estimate of drug-likeness (QED) is 0.470. The van der Waals surface area contributed by atoms with Crippen molar-refractivity contribution >= 4 is 16.9 Å². The zero-order chi connectivity index (χ0) is 21.3. The van der Waals surface area contributed by atoms with E-state index < -0.39 is 0 Å². The molecule has 4 aromatic rings. The van der Waals surface area contributed by atoms with Gasteiger partial charge in [0.2, 0.25) is 0 Å². The molecule has 0 bridgehead atoms. The Balaban J connectivity index is 1.57. The fourth-order valence-electron chi connectivity index (χ4n) is 3.60. The Bertz CT molecular complexity index is 1190. The Morgan fingerprint density at radius 3 is 2.53 bits per heavy atom. The van der Waals surface area contributed by atoms with Gasteiger partial charge in [-0.1, -0.05) is 42.5 Å². The van der Waals surface area contributed by atoms with Gasteiger partial charge in [0, 0.05) is 24.1 Å². The van der Waals surface area contributed by atoms with Gasteiger partial charge in [0.15, 0.2) is 0 Å². The van der Waals surface area contributed by atoms with Gasteiger partial charge in [0.25, 0.3) is 5.91 Å². The zero-order valence-electron chi connectivity index (χ0n) is 17.1. The predicted octanol–water partition coefficient (Wildman–Crippen LogP) is 5.65. The van der Waals surface area contributed by atoms with E-state index in [1.165, 1.54) is 12.3 Å². The Labute approximate surface area is 175 Å². The summed E-state index contributed by atoms with van der Waals surface area (Å²) in [5, 5.41) is 10.3. The molecule has 152 valence electrons. The number of para-hydroxylation sites is 1. The molecule has 0 aliphatic heterocycles. The molecule has 1 heterocycles. The molecule has 0 fully saturated rings. The summed E-state index contributed by atoms with van der Waals surface area (Å²) in [4.78, 5) is 14.8. The van der Waals surface area contributed by atoms with Gasteiger partial charge in [-0.3, -0.25) is 4.79 Å². The second-order valence-electron chi connectivity index (χ2n) is 7.24. The van der Waals surface area contributed by atoms with Gasteiger partial charge in [-0.15, -0.1) is 0 Å². The van der Waals surface area contributed by atoms with Gasteiger partial charge in [0.05, 0.1) is 18.7 Å². The van der Waals surface area contributed by atoms with E-state index in [0.717, 1.165) is 22.4 Å². The van der Waals surface area contributed by atoms with Crippen molar-refractivity contribution in [3.8, 4) is 22.6 Å². The lowest BCUT2D eigenvalue weighted by Gasteiger charge is -2.25. The summed E-state index contributed by atoms with van der Waals surface area (Å²) in [5.41, 5.74) is 4.07. The number of hydrogen-bond donors (Lipinski definition) is 1. The second kappa shape index (κ2) is 7.95. The van der Waals surface area contributed by atoms with Gasteiger partial charge in [-0.25, -0.2) is 0 Å². The number of carbonyl (C=O) groups is 1. The molecule has 1 amide bonds. The van der Waals surface area contributed by atoms with E-state index in [-0.39, 0.29) is 17.7 Å². The molecule has 0 saturated carbocycles. The first-order valence-corrected chi connectivity index (χ1v) is 9.70. The zero-order valence-corrected chi connectivity index (χ0v) is 17.1. The highest BCUT2D eigenvalue weighted by atomic mass is 16.5. The summed E-state index contributed by atoms with van der Waals surface area (Å²) < 4.78 is 10.9. The molecule has 0 aliphatic carbocycles. The maximum absolute atomic E-state index is 13.1. The van der Waals surface area contributed by atoms with E-state index in [9.17, 15) is 9.90 Å². The van der Waals surface area contributed by atoms with Crippen molar-refractivity contribution in [3.63, 3.8) is 0 Å². The largest absolute Gasteiger partial charge is 0.508 e. The monoisotopic (exact) mass is 401 g/mol. The Morgan fingerprint density at radius 2 is 1.80 bits per heavy atom. The minimum Gasteiger partial charge on any atom is -0.508 e. The first-order chi connectivity index (χ1) is 14.5. The molecule has 1 aromatic heterocycles. The Kier molecular flexibility index (Phi) is 5.19. The molecule has 30 heavy (non-hydrogen) atoms. The van der Waals surface area contributed by atoms with Crippen molar-refractivity contribution in [2.75, 3.05) is 14.2 Å². The topological polar surface area (TPSA) is 62.9 Å². The van der Waals surface area contributed by atoms with E-state index >= 15 is 0 Å². The lowest BCUT2D eigenvalue weighted by molar-refractivity contribution is 0.0743. The average molecular weight is 401 g/mol. The van der Waals surface area contributed by atoms with Crippen LogP contribution in [0.3, 0.4) is 0 Å². The van der Waals surface area contributed by atoms with Crippen molar-refractivity contribution in [1.29, 1.82) is 0 Å². The molecule has 5 heteroatoms. The SMILES string of the molecule is COc1ccccc1-c1ccc(C(C)N(C)C(=O)c2coc3cc(O)ccc23)cc1. The van der Waals surface area contributed by atoms with Crippen LogP contribution >= 0.6 is 0 Å². The number of fused-ring (bicyclic) bond motifs is 1. The summed E-state index contributed by atoms with van der Waals surface area (Å²) >= 11 is 0. The maximum atomic E-state index is 13.1. The molecule has 1 atom stereocenters. The van der Waals surface area contributed by atoms with Crippen LogP contribution in [-0.4, -0.2) is 30.1 Å². The molecule has 0 saturated heterocycles. The highest BCUT2D eigenvalue weighted by molar-refractivity contribution is 6.06. The van der Waals surface area contributed by atoms with Crippen LogP contribution in [0.1, 0.15) is 28.9 Å². The lowest BCUT2D eigenvalue weighted by Crippen LogP contribution is -2.29. The van der Waals surface area contributed by atoms with Crippen LogP contribution in [0.2, 0.25) is 0 Å². The van der Waals surface area contributed by atoms with Crippen LogP contribution in [-0.2, 0) is 0 Å². The number of furan rings is 1. The number of hydrogen-bond acceptors (Lipinski definition) is 4. The van der Waals surface area contributed by atoms with Crippen molar-refractivity contribution in [3.05, 3.63) is 84.1 Å². The molecule has 1 unspecified atom stereocenters. The fraction of sp³-hybridized carbons (Fsp3) is 0.160. The number of aromatic hydroxyl groups is 1. The van der Waals surface area contributed by atoms with Crippen molar-refractivity contribution in [2.24, 2.45) is 0 Å². The highest BCUT2D eigenvalue weighted by Crippen LogP contribution is 2.32. The number of nitrogens with zero attached hydrogens (tertiary/aromatic N) is 1. The molecule has 1 N–H and O–H groups in total. The summed E-state index contributed by atoms with van der Waals surface area (Å²) in [5.74, 6) is 0.789. The number of rotatable bonds is 5. The standard InChI is InChI=1S/C25H23NO4/c1-16(17-8-10-18(11-9-17)20-6-4-5-7-23(20)29-3)26(2)25(28)22-15-30-24-14-19(27)12-13-21(22)24/h4-16,27H,1-3H3. The Hall–Kier alpha value is -3.73. The number of phenolic OH excluding ortho intramolecular Hbond substituents is 1. The van der Waals surface area contributed by atoms with Crippen LogP contribution in [0, 0.1) is 0 Å². The highest BCUT2D eigenvalue weighted by Gasteiger charge is 2.22. The molecule has 0 radical (unpaired) electrons. The van der Waals surface area contributed by atoms with Crippen LogP contribution < -0.4 is 4.74 Å². The molecular formula is C25H23NO4. The number of carbonyl (C=O) groups excluding carboxylic acids is 1. The first-order valence-electron chi connectivity index (χ1n) is 9.70. The van der Waals surface area contributed by atoms with Crippen molar-refractivity contribution in [2.45, 2.75) is 13.0 Å². The van der Waals surface area contributed by atoms with E-state index in [4.69, 9.17) is 9.15 Å². The van der Waals surface area contributed by atoms with Gasteiger partial charge in [0.1, 0.15) is 23.3 Å². The fourth-order valence-corrected chi connectivity index (χ4v) is 3.60. The number of phenols is 1. The first kappa shape index (κ1) is 19.6. The third kappa shape index (κ3) is 3.50. The van der Waals surface area contributed by atoms with Gasteiger partial charge < -0.3 is 19.2 Å². The van der Waals surface area contributed by atoms with Gasteiger partial charge >= 0.3 is 0 Å². The van der Waals surface area contributed by atoms with Crippen LogP contribution in [0.5, 0.6) is 11.5 Å². The minimum atomic E-state index is -0.138. The van der Waals surface area contributed by atoms with Crippen LogP contribution in [0.15, 0.2) is 77.4 Å². The summed E-state index contributed by atoms with van der Waals surface area (Å²) in [6.07, 6.45) is 1.44. The lowest BCUT2D eigenvalue weighted by atomic mass is 10.00. The van der Waals surface area contributed by atoms with Crippen molar-refractivity contribution < 1.29 is 19.1 Å². The maximum Gasteiger partial charge on any atom is 0.257 e. The van der Waals surface area contributed by atoms with E-state index in [1.54, 1.807) is 31.2 Å². The number of amides is 1. The van der Waals surface area contributed by atoms with Crippen LogP contribution in [0.4, 0.5) is 0 Å². The van der Waals surface area contributed by atoms with E-state index in [2.05, 4.69) is 0 Å². The summed E-state index contributed by atoms with van der Waals surface area (Å²) in [6, 6.07) is 20.6. The van der Waals surface area contributed by atoms with E-state index in [1.807, 2.05) is 55.5 Å². The Morgan fingerprint density at radius 1 is 1.07 bits per heavy atom. The van der Waals surface area contributed by atoms with Crippen molar-refractivity contribution in [1.82, 2.24) is 4.90 Å². The normalized spacial score (nSPS) is 12.0. The number of benzene rings is 3. The molecule has 5 nitrogen and oxygen atoms in total. The average Bonchev–Trinajstić information content (AvgIpc) is 3.20. The smallest absolute Gasteiger partial charge is 0.257 e. The molecule has 4 rings (SSSR count). The van der Waals surface area contributed by atoms with Gasteiger partial charge in [-0.2, -0.15) is 0 Å². The molecule has 0 spiro atoms. The molecular weight excluding hydrogens is 378 g/mol. The minimum absolute atomic E-state index is 0.104. The molecule has 3 aromatic carbocycles. The van der Waals surface area contributed by atoms with E-state index in [0.29, 0.717) is 16.5 Å². The van der Waals surface area contributed by atoms with Gasteiger partial charge in [-0.05, 0) is 36.2 Å². The third-order valence-corrected chi connectivity index (χ3v) is 5.50. The van der Waals surface area contributed by atoms with Crippen LogP contribution in [0.25, 0.3) is 22.1 Å². The predicted molar refractivity (Wildman–Crippen MR) is 117 cm³/mol.